The molecule has 3 aromatic heterocycles. The predicted molar refractivity (Wildman–Crippen MR) is 116 cm³/mol. The Hall–Kier alpha value is -3.52. The second-order valence-corrected chi connectivity index (χ2v) is 7.38. The van der Waals surface area contributed by atoms with Crippen molar-refractivity contribution in [1.82, 2.24) is 24.8 Å². The monoisotopic (exact) mass is 403 g/mol. The summed E-state index contributed by atoms with van der Waals surface area (Å²) < 4.78 is 16.9. The SMILES string of the molecule is Cc1nc2ccc(-c3ccnc(N)c3)nc2n1-c1ccc(N2CCNCC2)c(F)c1. The number of hydrogen-bond acceptors (Lipinski definition) is 6. The lowest BCUT2D eigenvalue weighted by Gasteiger charge is -2.29. The van der Waals surface area contributed by atoms with Crippen LogP contribution >= 0.6 is 0 Å². The molecule has 7 nitrogen and oxygen atoms in total. The number of benzene rings is 1. The summed E-state index contributed by atoms with van der Waals surface area (Å²) >= 11 is 0. The predicted octanol–water partition coefficient (Wildman–Crippen LogP) is 2.92. The number of nitrogens with two attached hydrogens (primary N) is 1. The molecule has 152 valence electrons. The fraction of sp³-hybridized carbons (Fsp3) is 0.227. The number of anilines is 2. The van der Waals surface area contributed by atoms with Crippen LogP contribution in [-0.2, 0) is 0 Å². The molecule has 1 aromatic carbocycles. The van der Waals surface area contributed by atoms with Crippen LogP contribution in [0.15, 0.2) is 48.7 Å². The van der Waals surface area contributed by atoms with Gasteiger partial charge in [0.05, 0.1) is 17.1 Å². The zero-order valence-electron chi connectivity index (χ0n) is 16.6. The minimum atomic E-state index is -0.242. The number of aryl methyl sites for hydroxylation is 1. The molecule has 4 heterocycles. The summed E-state index contributed by atoms with van der Waals surface area (Å²) in [5.41, 5.74) is 10.2. The lowest BCUT2D eigenvalue weighted by molar-refractivity contribution is 0.566. The van der Waals surface area contributed by atoms with Crippen molar-refractivity contribution in [3.05, 3.63) is 60.3 Å². The third-order valence-electron chi connectivity index (χ3n) is 5.40. The molecule has 3 N–H and O–H groups in total. The molecular weight excluding hydrogens is 381 g/mol. The molecule has 0 unspecified atom stereocenters. The minimum Gasteiger partial charge on any atom is -0.384 e. The number of imidazole rings is 1. The molecule has 30 heavy (non-hydrogen) atoms. The third kappa shape index (κ3) is 3.25. The van der Waals surface area contributed by atoms with Gasteiger partial charge in [-0.2, -0.15) is 0 Å². The number of nitrogen functional groups attached to an aromatic ring is 1. The molecule has 5 rings (SSSR count). The Morgan fingerprint density at radius 2 is 1.87 bits per heavy atom. The molecule has 1 aliphatic rings. The smallest absolute Gasteiger partial charge is 0.165 e. The van der Waals surface area contributed by atoms with E-state index in [1.807, 2.05) is 41.8 Å². The Morgan fingerprint density at radius 3 is 2.63 bits per heavy atom. The maximum atomic E-state index is 15.0. The van der Waals surface area contributed by atoms with Crippen LogP contribution in [0.4, 0.5) is 15.9 Å². The number of aromatic nitrogens is 4. The third-order valence-corrected chi connectivity index (χ3v) is 5.40. The highest BCUT2D eigenvalue weighted by Gasteiger charge is 2.17. The number of rotatable bonds is 3. The summed E-state index contributed by atoms with van der Waals surface area (Å²) in [5, 5.41) is 3.29. The van der Waals surface area contributed by atoms with Crippen LogP contribution in [0.5, 0.6) is 0 Å². The first-order chi connectivity index (χ1) is 14.6. The molecule has 1 saturated heterocycles. The van der Waals surface area contributed by atoms with Crippen molar-refractivity contribution < 1.29 is 4.39 Å². The van der Waals surface area contributed by atoms with E-state index in [0.29, 0.717) is 22.8 Å². The van der Waals surface area contributed by atoms with E-state index in [9.17, 15) is 0 Å². The highest BCUT2D eigenvalue weighted by Crippen LogP contribution is 2.28. The Balaban J connectivity index is 1.59. The zero-order chi connectivity index (χ0) is 20.7. The van der Waals surface area contributed by atoms with E-state index in [1.54, 1.807) is 18.3 Å². The number of hydrogen-bond donors (Lipinski definition) is 2. The zero-order valence-corrected chi connectivity index (χ0v) is 16.6. The summed E-state index contributed by atoms with van der Waals surface area (Å²) in [6, 6.07) is 12.8. The van der Waals surface area contributed by atoms with Gasteiger partial charge in [0.25, 0.3) is 0 Å². The molecular formula is C22H22FN7. The van der Waals surface area contributed by atoms with Crippen molar-refractivity contribution in [2.45, 2.75) is 6.92 Å². The number of pyridine rings is 2. The normalized spacial score (nSPS) is 14.4. The van der Waals surface area contributed by atoms with Gasteiger partial charge in [0.2, 0.25) is 0 Å². The Bertz CT molecular complexity index is 1230. The molecule has 0 saturated carbocycles. The fourth-order valence-corrected chi connectivity index (χ4v) is 3.95. The van der Waals surface area contributed by atoms with Crippen molar-refractivity contribution in [1.29, 1.82) is 0 Å². The van der Waals surface area contributed by atoms with Crippen LogP contribution in [0.1, 0.15) is 5.82 Å². The second kappa shape index (κ2) is 7.38. The largest absolute Gasteiger partial charge is 0.384 e. The summed E-state index contributed by atoms with van der Waals surface area (Å²) in [5.74, 6) is 0.941. The summed E-state index contributed by atoms with van der Waals surface area (Å²) in [4.78, 5) is 15.5. The van der Waals surface area contributed by atoms with Crippen LogP contribution in [0, 0.1) is 12.7 Å². The van der Waals surface area contributed by atoms with Gasteiger partial charge >= 0.3 is 0 Å². The van der Waals surface area contributed by atoms with Gasteiger partial charge in [0.15, 0.2) is 5.65 Å². The number of halogens is 1. The number of nitrogens with zero attached hydrogens (tertiary/aromatic N) is 5. The Labute approximate surface area is 173 Å². The van der Waals surface area contributed by atoms with E-state index in [1.165, 1.54) is 0 Å². The molecule has 4 aromatic rings. The molecule has 0 amide bonds. The lowest BCUT2D eigenvalue weighted by Crippen LogP contribution is -2.43. The number of nitrogens with one attached hydrogen (secondary N) is 1. The summed E-state index contributed by atoms with van der Waals surface area (Å²) in [6.07, 6.45) is 1.66. The number of fused-ring (bicyclic) bond motifs is 1. The van der Waals surface area contributed by atoms with Crippen LogP contribution in [0.2, 0.25) is 0 Å². The van der Waals surface area contributed by atoms with Crippen molar-refractivity contribution in [3.8, 4) is 16.9 Å². The molecule has 0 radical (unpaired) electrons. The Morgan fingerprint density at radius 1 is 1.03 bits per heavy atom. The summed E-state index contributed by atoms with van der Waals surface area (Å²) in [7, 11) is 0. The highest BCUT2D eigenvalue weighted by molar-refractivity contribution is 5.78. The van der Waals surface area contributed by atoms with Crippen LogP contribution in [0.3, 0.4) is 0 Å². The van der Waals surface area contributed by atoms with Crippen LogP contribution < -0.4 is 16.0 Å². The fourth-order valence-electron chi connectivity index (χ4n) is 3.95. The summed E-state index contributed by atoms with van der Waals surface area (Å²) in [6.45, 7) is 5.21. The van der Waals surface area contributed by atoms with Gasteiger partial charge in [0.1, 0.15) is 23.0 Å². The van der Waals surface area contributed by atoms with Gasteiger partial charge in [-0.05, 0) is 43.3 Å². The maximum Gasteiger partial charge on any atom is 0.165 e. The highest BCUT2D eigenvalue weighted by atomic mass is 19.1. The van der Waals surface area contributed by atoms with E-state index in [4.69, 9.17) is 10.7 Å². The average molecular weight is 403 g/mol. The first kappa shape index (κ1) is 18.5. The van der Waals surface area contributed by atoms with Gasteiger partial charge in [-0.15, -0.1) is 0 Å². The maximum absolute atomic E-state index is 15.0. The van der Waals surface area contributed by atoms with Gasteiger partial charge < -0.3 is 16.0 Å². The quantitative estimate of drug-likeness (QED) is 0.547. The second-order valence-electron chi connectivity index (χ2n) is 7.38. The standard InChI is InChI=1S/C22H22FN7/c1-14-27-19-4-3-18(15-6-7-26-21(24)12-15)28-22(19)30(14)16-2-5-20(17(23)13-16)29-10-8-25-9-11-29/h2-7,12-13,25H,8-11H2,1H3,(H2,24,26). The van der Waals surface area contributed by atoms with Crippen molar-refractivity contribution in [2.75, 3.05) is 36.8 Å². The van der Waals surface area contributed by atoms with Crippen LogP contribution in [-0.4, -0.2) is 45.7 Å². The molecule has 0 aliphatic carbocycles. The van der Waals surface area contributed by atoms with Gasteiger partial charge in [-0.1, -0.05) is 0 Å². The Kier molecular flexibility index (Phi) is 4.55. The molecule has 0 bridgehead atoms. The topological polar surface area (TPSA) is 84.9 Å². The first-order valence-corrected chi connectivity index (χ1v) is 9.94. The van der Waals surface area contributed by atoms with Crippen molar-refractivity contribution >= 4 is 22.7 Å². The van der Waals surface area contributed by atoms with Crippen LogP contribution in [0.25, 0.3) is 28.1 Å². The molecule has 0 spiro atoms. The molecule has 1 fully saturated rings. The molecule has 8 heteroatoms. The average Bonchev–Trinajstić information content (AvgIpc) is 3.09. The first-order valence-electron chi connectivity index (χ1n) is 9.94. The number of piperazine rings is 1. The lowest BCUT2D eigenvalue weighted by atomic mass is 10.1. The van der Waals surface area contributed by atoms with Gasteiger partial charge in [-0.3, -0.25) is 4.57 Å². The van der Waals surface area contributed by atoms with E-state index in [-0.39, 0.29) is 5.82 Å². The van der Waals surface area contributed by atoms with Crippen molar-refractivity contribution in [2.24, 2.45) is 0 Å². The minimum absolute atomic E-state index is 0.242. The van der Waals surface area contributed by atoms with E-state index < -0.39 is 0 Å². The van der Waals surface area contributed by atoms with Gasteiger partial charge in [-0.25, -0.2) is 19.3 Å². The van der Waals surface area contributed by atoms with Crippen molar-refractivity contribution in [3.63, 3.8) is 0 Å². The van der Waals surface area contributed by atoms with Gasteiger partial charge in [0, 0.05) is 44.0 Å². The van der Waals surface area contributed by atoms with E-state index in [2.05, 4.69) is 20.2 Å². The molecule has 0 atom stereocenters. The van der Waals surface area contributed by atoms with E-state index in [0.717, 1.165) is 48.8 Å². The van der Waals surface area contributed by atoms with E-state index >= 15 is 4.39 Å². The molecule has 1 aliphatic heterocycles.